The molecule has 1 amide bonds. The van der Waals surface area contributed by atoms with Crippen LogP contribution < -0.4 is 9.64 Å². The summed E-state index contributed by atoms with van der Waals surface area (Å²) in [5.74, 6) is 0.864. The molecule has 0 atom stereocenters. The van der Waals surface area contributed by atoms with Crippen LogP contribution in [0.2, 0.25) is 0 Å². The summed E-state index contributed by atoms with van der Waals surface area (Å²) in [6.45, 7) is 1.55. The zero-order valence-electron chi connectivity index (χ0n) is 10.2. The number of anilines is 1. The van der Waals surface area contributed by atoms with E-state index in [0.717, 1.165) is 22.2 Å². The third-order valence-corrected chi connectivity index (χ3v) is 2.89. The summed E-state index contributed by atoms with van der Waals surface area (Å²) in [7, 11) is 3.42. The van der Waals surface area contributed by atoms with E-state index in [2.05, 4.69) is 0 Å². The molecule has 0 aliphatic rings. The standard InChI is InChI=1S/C14H15NO2/c1-10(16)15(2)13-6-4-12-9-14(17-3)7-5-11(12)8-13/h4-9H,1-3H3. The first-order valence-corrected chi connectivity index (χ1v) is 5.44. The summed E-state index contributed by atoms with van der Waals surface area (Å²) < 4.78 is 5.17. The van der Waals surface area contributed by atoms with E-state index < -0.39 is 0 Å². The Bertz CT molecular complexity index is 563. The maximum Gasteiger partial charge on any atom is 0.223 e. The van der Waals surface area contributed by atoms with Crippen LogP contribution in [0.1, 0.15) is 6.92 Å². The predicted molar refractivity (Wildman–Crippen MR) is 69.6 cm³/mol. The summed E-state index contributed by atoms with van der Waals surface area (Å²) >= 11 is 0. The highest BCUT2D eigenvalue weighted by molar-refractivity contribution is 5.95. The van der Waals surface area contributed by atoms with Gasteiger partial charge in [-0.25, -0.2) is 0 Å². The Morgan fingerprint density at radius 3 is 2.41 bits per heavy atom. The summed E-state index contributed by atoms with van der Waals surface area (Å²) in [6, 6.07) is 11.8. The van der Waals surface area contributed by atoms with E-state index in [-0.39, 0.29) is 5.91 Å². The van der Waals surface area contributed by atoms with Crippen molar-refractivity contribution in [3.63, 3.8) is 0 Å². The van der Waals surface area contributed by atoms with E-state index >= 15 is 0 Å². The zero-order chi connectivity index (χ0) is 12.4. The van der Waals surface area contributed by atoms with Crippen LogP contribution in [-0.4, -0.2) is 20.1 Å². The monoisotopic (exact) mass is 229 g/mol. The van der Waals surface area contributed by atoms with Crippen LogP contribution >= 0.6 is 0 Å². The molecule has 0 saturated carbocycles. The lowest BCUT2D eigenvalue weighted by Gasteiger charge is -2.15. The number of rotatable bonds is 2. The summed E-state index contributed by atoms with van der Waals surface area (Å²) in [5.41, 5.74) is 0.898. The minimum Gasteiger partial charge on any atom is -0.497 e. The van der Waals surface area contributed by atoms with Crippen molar-refractivity contribution in [3.8, 4) is 5.75 Å². The van der Waals surface area contributed by atoms with Crippen LogP contribution in [0, 0.1) is 0 Å². The highest BCUT2D eigenvalue weighted by Gasteiger charge is 2.06. The van der Waals surface area contributed by atoms with Crippen molar-refractivity contribution >= 4 is 22.4 Å². The molecule has 17 heavy (non-hydrogen) atoms. The zero-order valence-corrected chi connectivity index (χ0v) is 10.2. The van der Waals surface area contributed by atoms with Gasteiger partial charge in [-0.15, -0.1) is 0 Å². The Hall–Kier alpha value is -2.03. The number of methoxy groups -OCH3 is 1. The number of ether oxygens (including phenoxy) is 1. The molecule has 0 radical (unpaired) electrons. The van der Waals surface area contributed by atoms with Crippen LogP contribution in [0.5, 0.6) is 5.75 Å². The van der Waals surface area contributed by atoms with Crippen molar-refractivity contribution in [2.24, 2.45) is 0 Å². The highest BCUT2D eigenvalue weighted by Crippen LogP contribution is 2.25. The van der Waals surface area contributed by atoms with Gasteiger partial charge in [-0.05, 0) is 35.0 Å². The maximum atomic E-state index is 11.3. The first-order valence-electron chi connectivity index (χ1n) is 5.44. The molecule has 0 bridgehead atoms. The first kappa shape index (κ1) is 11.5. The minimum absolute atomic E-state index is 0.0258. The van der Waals surface area contributed by atoms with Gasteiger partial charge in [-0.2, -0.15) is 0 Å². The molecular weight excluding hydrogens is 214 g/mol. The number of fused-ring (bicyclic) bond motifs is 1. The molecule has 0 spiro atoms. The predicted octanol–water partition coefficient (Wildman–Crippen LogP) is 2.83. The normalized spacial score (nSPS) is 10.3. The van der Waals surface area contributed by atoms with E-state index in [1.807, 2.05) is 36.4 Å². The molecule has 3 nitrogen and oxygen atoms in total. The molecule has 88 valence electrons. The molecule has 3 heteroatoms. The number of carbonyl (C=O) groups is 1. The highest BCUT2D eigenvalue weighted by atomic mass is 16.5. The lowest BCUT2D eigenvalue weighted by molar-refractivity contribution is -0.116. The van der Waals surface area contributed by atoms with E-state index in [1.54, 1.807) is 26.0 Å². The Morgan fingerprint density at radius 2 is 1.76 bits per heavy atom. The fraction of sp³-hybridized carbons (Fsp3) is 0.214. The quantitative estimate of drug-likeness (QED) is 0.792. The third kappa shape index (κ3) is 2.23. The number of amides is 1. The summed E-state index contributed by atoms with van der Waals surface area (Å²) in [4.78, 5) is 12.9. The van der Waals surface area contributed by atoms with Crippen LogP contribution in [0.25, 0.3) is 10.8 Å². The molecule has 0 unspecified atom stereocenters. The minimum atomic E-state index is 0.0258. The van der Waals surface area contributed by atoms with Gasteiger partial charge in [0, 0.05) is 19.7 Å². The van der Waals surface area contributed by atoms with Crippen molar-refractivity contribution in [2.45, 2.75) is 6.92 Å². The second-order valence-electron chi connectivity index (χ2n) is 3.98. The fourth-order valence-electron chi connectivity index (χ4n) is 1.73. The average molecular weight is 229 g/mol. The lowest BCUT2D eigenvalue weighted by Crippen LogP contribution is -2.22. The van der Waals surface area contributed by atoms with Gasteiger partial charge in [0.1, 0.15) is 5.75 Å². The Labute approximate surface area is 101 Å². The van der Waals surface area contributed by atoms with Gasteiger partial charge in [0.25, 0.3) is 0 Å². The van der Waals surface area contributed by atoms with Gasteiger partial charge in [0.2, 0.25) is 5.91 Å². The molecule has 0 fully saturated rings. The smallest absolute Gasteiger partial charge is 0.223 e. The van der Waals surface area contributed by atoms with Gasteiger partial charge in [-0.3, -0.25) is 4.79 Å². The molecular formula is C14H15NO2. The SMILES string of the molecule is COc1ccc2cc(N(C)C(C)=O)ccc2c1. The van der Waals surface area contributed by atoms with Crippen molar-refractivity contribution in [1.82, 2.24) is 0 Å². The van der Waals surface area contributed by atoms with E-state index in [0.29, 0.717) is 0 Å². The van der Waals surface area contributed by atoms with Crippen molar-refractivity contribution in [1.29, 1.82) is 0 Å². The number of hydrogen-bond acceptors (Lipinski definition) is 2. The number of carbonyl (C=O) groups excluding carboxylic acids is 1. The lowest BCUT2D eigenvalue weighted by atomic mass is 10.1. The molecule has 0 aliphatic heterocycles. The van der Waals surface area contributed by atoms with Crippen LogP contribution in [0.4, 0.5) is 5.69 Å². The summed E-state index contributed by atoms with van der Waals surface area (Å²) in [6.07, 6.45) is 0. The van der Waals surface area contributed by atoms with Gasteiger partial charge in [0.05, 0.1) is 7.11 Å². The van der Waals surface area contributed by atoms with Crippen molar-refractivity contribution < 1.29 is 9.53 Å². The first-order chi connectivity index (χ1) is 8.11. The van der Waals surface area contributed by atoms with Gasteiger partial charge >= 0.3 is 0 Å². The molecule has 0 N–H and O–H groups in total. The Balaban J connectivity index is 2.48. The maximum absolute atomic E-state index is 11.3. The van der Waals surface area contributed by atoms with Gasteiger partial charge < -0.3 is 9.64 Å². The molecule has 0 heterocycles. The summed E-state index contributed by atoms with van der Waals surface area (Å²) in [5, 5.41) is 2.20. The van der Waals surface area contributed by atoms with Crippen LogP contribution in [0.15, 0.2) is 36.4 Å². The second-order valence-corrected chi connectivity index (χ2v) is 3.98. The van der Waals surface area contributed by atoms with Gasteiger partial charge in [0.15, 0.2) is 0 Å². The molecule has 2 aromatic carbocycles. The molecule has 2 aromatic rings. The molecule has 0 aromatic heterocycles. The van der Waals surface area contributed by atoms with E-state index in [1.165, 1.54) is 0 Å². The Morgan fingerprint density at radius 1 is 1.12 bits per heavy atom. The Kier molecular flexibility index (Phi) is 3.00. The van der Waals surface area contributed by atoms with Gasteiger partial charge in [-0.1, -0.05) is 12.1 Å². The molecule has 2 rings (SSSR count). The topological polar surface area (TPSA) is 29.5 Å². The van der Waals surface area contributed by atoms with Crippen LogP contribution in [-0.2, 0) is 4.79 Å². The molecule has 0 aliphatic carbocycles. The van der Waals surface area contributed by atoms with E-state index in [9.17, 15) is 4.79 Å². The number of benzene rings is 2. The third-order valence-electron chi connectivity index (χ3n) is 2.89. The fourth-order valence-corrected chi connectivity index (χ4v) is 1.73. The van der Waals surface area contributed by atoms with Crippen LogP contribution in [0.3, 0.4) is 0 Å². The number of hydrogen-bond donors (Lipinski definition) is 0. The largest absolute Gasteiger partial charge is 0.497 e. The van der Waals surface area contributed by atoms with Crippen molar-refractivity contribution in [3.05, 3.63) is 36.4 Å². The van der Waals surface area contributed by atoms with E-state index in [4.69, 9.17) is 4.74 Å². The molecule has 0 saturated heterocycles. The average Bonchev–Trinajstić information content (AvgIpc) is 2.36. The van der Waals surface area contributed by atoms with Crippen molar-refractivity contribution in [2.75, 3.05) is 19.1 Å². The second kappa shape index (κ2) is 4.45. The number of nitrogens with zero attached hydrogens (tertiary/aromatic N) is 1.